The van der Waals surface area contributed by atoms with E-state index in [1.807, 2.05) is 48.7 Å². The maximum Gasteiger partial charge on any atom is 0.337 e. The second-order valence-electron chi connectivity index (χ2n) is 8.03. The quantitative estimate of drug-likeness (QED) is 0.508. The minimum absolute atomic E-state index is 0.0569. The van der Waals surface area contributed by atoms with Crippen molar-refractivity contribution < 1.29 is 24.1 Å². The molecule has 7 nitrogen and oxygen atoms in total. The Labute approximate surface area is 193 Å². The van der Waals surface area contributed by atoms with Gasteiger partial charge in [-0.15, -0.1) is 0 Å². The lowest BCUT2D eigenvalue weighted by atomic mass is 10.1. The van der Waals surface area contributed by atoms with Crippen molar-refractivity contribution in [2.75, 3.05) is 19.1 Å². The fraction of sp³-hybridized carbons (Fsp3) is 0.308. The monoisotopic (exact) mass is 448 g/mol. The molecule has 1 fully saturated rings. The van der Waals surface area contributed by atoms with Gasteiger partial charge in [0.2, 0.25) is 0 Å². The van der Waals surface area contributed by atoms with E-state index in [1.165, 1.54) is 7.11 Å². The maximum atomic E-state index is 12.1. The topological polar surface area (TPSA) is 81.1 Å². The van der Waals surface area contributed by atoms with Gasteiger partial charge in [0.1, 0.15) is 6.10 Å². The second-order valence-corrected chi connectivity index (χ2v) is 8.03. The van der Waals surface area contributed by atoms with Crippen LogP contribution in [0.4, 0.5) is 11.4 Å². The normalized spacial score (nSPS) is 17.4. The number of aliphatic hydroxyl groups excluding tert-OH is 1. The molecular weight excluding hydrogens is 420 g/mol. The van der Waals surface area contributed by atoms with Crippen LogP contribution in [0, 0.1) is 0 Å². The first-order chi connectivity index (χ1) is 16.1. The highest BCUT2D eigenvalue weighted by Gasteiger charge is 2.26. The van der Waals surface area contributed by atoms with Crippen LogP contribution in [0.2, 0.25) is 0 Å². The lowest BCUT2D eigenvalue weighted by molar-refractivity contribution is 0.0600. The summed E-state index contributed by atoms with van der Waals surface area (Å²) in [5.74, 6) is 0.857. The Morgan fingerprint density at radius 3 is 2.61 bits per heavy atom. The van der Waals surface area contributed by atoms with Crippen LogP contribution in [0.15, 0.2) is 67.0 Å². The number of carbonyl (C=O) groups excluding carboxylic acids is 1. The highest BCUT2D eigenvalue weighted by molar-refractivity contribution is 5.90. The van der Waals surface area contributed by atoms with E-state index in [1.54, 1.807) is 25.4 Å². The molecule has 0 amide bonds. The van der Waals surface area contributed by atoms with Crippen LogP contribution in [0.3, 0.4) is 0 Å². The number of aliphatic hydroxyl groups is 1. The third-order valence-corrected chi connectivity index (χ3v) is 5.75. The van der Waals surface area contributed by atoms with E-state index in [0.717, 1.165) is 29.8 Å². The lowest BCUT2D eigenvalue weighted by Crippen LogP contribution is -2.18. The number of methoxy groups -OCH3 is 2. The van der Waals surface area contributed by atoms with Gasteiger partial charge in [0, 0.05) is 42.8 Å². The average molecular weight is 449 g/mol. The van der Waals surface area contributed by atoms with Gasteiger partial charge in [-0.05, 0) is 54.8 Å². The van der Waals surface area contributed by atoms with Crippen LogP contribution in [-0.4, -0.2) is 42.5 Å². The molecule has 1 aliphatic carbocycles. The fourth-order valence-electron chi connectivity index (χ4n) is 4.05. The summed E-state index contributed by atoms with van der Waals surface area (Å²) < 4.78 is 16.7. The predicted octanol–water partition coefficient (Wildman–Crippen LogP) is 4.51. The van der Waals surface area contributed by atoms with Crippen LogP contribution in [0.25, 0.3) is 0 Å². The Kier molecular flexibility index (Phi) is 7.10. The van der Waals surface area contributed by atoms with Gasteiger partial charge in [0.15, 0.2) is 11.5 Å². The first-order valence-electron chi connectivity index (χ1n) is 10.9. The molecule has 7 heteroatoms. The summed E-state index contributed by atoms with van der Waals surface area (Å²) in [6, 6.07) is 17.0. The number of rotatable bonds is 8. The Morgan fingerprint density at radius 2 is 1.91 bits per heavy atom. The molecule has 1 saturated carbocycles. The molecule has 0 aliphatic heterocycles. The van der Waals surface area contributed by atoms with Crippen molar-refractivity contribution in [1.29, 1.82) is 0 Å². The molecule has 0 radical (unpaired) electrons. The van der Waals surface area contributed by atoms with E-state index in [0.29, 0.717) is 30.0 Å². The van der Waals surface area contributed by atoms with Gasteiger partial charge in [-0.1, -0.05) is 12.1 Å². The van der Waals surface area contributed by atoms with Gasteiger partial charge >= 0.3 is 5.97 Å². The molecule has 0 saturated heterocycles. The van der Waals surface area contributed by atoms with Crippen molar-refractivity contribution >= 4 is 17.3 Å². The molecule has 3 aromatic rings. The molecule has 1 aromatic heterocycles. The molecule has 1 heterocycles. The van der Waals surface area contributed by atoms with Gasteiger partial charge in [0.25, 0.3) is 0 Å². The molecule has 0 bridgehead atoms. The molecule has 33 heavy (non-hydrogen) atoms. The highest BCUT2D eigenvalue weighted by atomic mass is 16.5. The lowest BCUT2D eigenvalue weighted by Gasteiger charge is -2.27. The zero-order valence-corrected chi connectivity index (χ0v) is 18.8. The minimum atomic E-state index is -0.392. The highest BCUT2D eigenvalue weighted by Crippen LogP contribution is 2.38. The van der Waals surface area contributed by atoms with Crippen LogP contribution in [-0.2, 0) is 11.3 Å². The van der Waals surface area contributed by atoms with Gasteiger partial charge in [-0.2, -0.15) is 0 Å². The van der Waals surface area contributed by atoms with E-state index in [2.05, 4.69) is 9.88 Å². The number of hydrogen-bond donors (Lipinski definition) is 1. The number of ether oxygens (including phenoxy) is 3. The second kappa shape index (κ2) is 10.4. The number of benzene rings is 2. The summed E-state index contributed by atoms with van der Waals surface area (Å²) in [5, 5.41) is 9.89. The molecule has 1 aliphatic rings. The number of pyridine rings is 1. The summed E-state index contributed by atoms with van der Waals surface area (Å²) in [7, 11) is 2.98. The van der Waals surface area contributed by atoms with E-state index in [9.17, 15) is 9.90 Å². The zero-order chi connectivity index (χ0) is 23.2. The van der Waals surface area contributed by atoms with Gasteiger partial charge in [-0.3, -0.25) is 4.98 Å². The number of aromatic nitrogens is 1. The predicted molar refractivity (Wildman–Crippen MR) is 125 cm³/mol. The summed E-state index contributed by atoms with van der Waals surface area (Å²) in [6.07, 6.45) is 5.31. The minimum Gasteiger partial charge on any atom is -0.493 e. The van der Waals surface area contributed by atoms with Gasteiger partial charge in [0.05, 0.1) is 25.9 Å². The van der Waals surface area contributed by atoms with Crippen molar-refractivity contribution in [3.05, 3.63) is 78.1 Å². The summed E-state index contributed by atoms with van der Waals surface area (Å²) in [5.41, 5.74) is 3.18. The molecule has 4 rings (SSSR count). The van der Waals surface area contributed by atoms with Gasteiger partial charge < -0.3 is 24.2 Å². The van der Waals surface area contributed by atoms with Gasteiger partial charge in [-0.25, -0.2) is 4.79 Å². The largest absolute Gasteiger partial charge is 0.493 e. The van der Waals surface area contributed by atoms with Crippen molar-refractivity contribution in [2.45, 2.75) is 38.0 Å². The number of hydrogen-bond acceptors (Lipinski definition) is 7. The van der Waals surface area contributed by atoms with Crippen LogP contribution in [0.1, 0.15) is 35.2 Å². The van der Waals surface area contributed by atoms with E-state index in [4.69, 9.17) is 14.2 Å². The SMILES string of the molecule is COC(=O)c1cccc(N(Cc2cccnc2)c2ccc(OC)c(OC3CCC(O)C3)c2)c1. The molecular formula is C26H28N2O5. The van der Waals surface area contributed by atoms with Crippen molar-refractivity contribution in [3.8, 4) is 11.5 Å². The summed E-state index contributed by atoms with van der Waals surface area (Å²) in [4.78, 5) is 18.5. The Balaban J connectivity index is 1.72. The van der Waals surface area contributed by atoms with Crippen LogP contribution >= 0.6 is 0 Å². The first kappa shape index (κ1) is 22.6. The number of nitrogens with zero attached hydrogens (tertiary/aromatic N) is 2. The Hall–Kier alpha value is -3.58. The van der Waals surface area contributed by atoms with E-state index in [-0.39, 0.29) is 12.2 Å². The Morgan fingerprint density at radius 1 is 1.06 bits per heavy atom. The van der Waals surface area contributed by atoms with Crippen molar-refractivity contribution in [2.24, 2.45) is 0 Å². The average Bonchev–Trinajstić information content (AvgIpc) is 3.27. The summed E-state index contributed by atoms with van der Waals surface area (Å²) >= 11 is 0. The standard InChI is InChI=1S/C26H28N2O5/c1-31-24-11-8-21(14-25(24)33-23-10-9-22(29)15-23)28(17-18-5-4-12-27-16-18)20-7-3-6-19(13-20)26(30)32-2/h3-8,11-14,16,22-23,29H,9-10,15,17H2,1-2H3. The first-order valence-corrected chi connectivity index (χ1v) is 10.9. The third-order valence-electron chi connectivity index (χ3n) is 5.75. The molecule has 0 spiro atoms. The fourth-order valence-corrected chi connectivity index (χ4v) is 4.05. The number of anilines is 2. The van der Waals surface area contributed by atoms with Crippen molar-refractivity contribution in [1.82, 2.24) is 4.98 Å². The van der Waals surface area contributed by atoms with Crippen LogP contribution < -0.4 is 14.4 Å². The molecule has 2 atom stereocenters. The maximum absolute atomic E-state index is 12.1. The van der Waals surface area contributed by atoms with Crippen LogP contribution in [0.5, 0.6) is 11.5 Å². The van der Waals surface area contributed by atoms with E-state index < -0.39 is 5.97 Å². The molecule has 1 N–H and O–H groups in total. The zero-order valence-electron chi connectivity index (χ0n) is 18.8. The molecule has 2 aromatic carbocycles. The Bertz CT molecular complexity index is 1090. The van der Waals surface area contributed by atoms with E-state index >= 15 is 0 Å². The number of esters is 1. The molecule has 172 valence electrons. The third kappa shape index (κ3) is 5.43. The smallest absolute Gasteiger partial charge is 0.337 e. The van der Waals surface area contributed by atoms with Crippen molar-refractivity contribution in [3.63, 3.8) is 0 Å². The summed E-state index contributed by atoms with van der Waals surface area (Å²) in [6.45, 7) is 0.534. The number of carbonyl (C=O) groups is 1. The molecule has 2 unspecified atom stereocenters.